The van der Waals surface area contributed by atoms with E-state index in [1.807, 2.05) is 6.92 Å². The van der Waals surface area contributed by atoms with Crippen LogP contribution in [-0.2, 0) is 9.53 Å². The molecule has 1 N–H and O–H groups in total. The Balaban J connectivity index is 2.09. The number of nitrogens with zero attached hydrogens (tertiary/aromatic N) is 1. The van der Waals surface area contributed by atoms with Crippen LogP contribution >= 0.6 is 0 Å². The molecule has 0 aliphatic carbocycles. The Labute approximate surface area is 84.8 Å². The van der Waals surface area contributed by atoms with Gasteiger partial charge in [-0.1, -0.05) is 6.92 Å². The summed E-state index contributed by atoms with van der Waals surface area (Å²) in [6, 6.07) is 0. The second kappa shape index (κ2) is 5.98. The van der Waals surface area contributed by atoms with Crippen molar-refractivity contribution in [2.24, 2.45) is 5.92 Å². The lowest BCUT2D eigenvalue weighted by atomic mass is 10.0. The molecule has 1 heterocycles. The predicted molar refractivity (Wildman–Crippen MR) is 53.3 cm³/mol. The minimum absolute atomic E-state index is 0.273. The highest BCUT2D eigenvalue weighted by Crippen LogP contribution is 2.09. The van der Waals surface area contributed by atoms with E-state index >= 15 is 0 Å². The van der Waals surface area contributed by atoms with Crippen molar-refractivity contribution in [1.29, 1.82) is 0 Å². The molecular formula is C10H19NO3. The van der Waals surface area contributed by atoms with Crippen molar-refractivity contribution in [1.82, 2.24) is 4.90 Å². The summed E-state index contributed by atoms with van der Waals surface area (Å²) in [6.07, 6.45) is 1.25. The van der Waals surface area contributed by atoms with Gasteiger partial charge in [-0.15, -0.1) is 0 Å². The minimum Gasteiger partial charge on any atom is -0.481 e. The van der Waals surface area contributed by atoms with E-state index in [9.17, 15) is 4.79 Å². The van der Waals surface area contributed by atoms with E-state index in [1.54, 1.807) is 0 Å². The normalized spacial score (nSPS) is 20.6. The summed E-state index contributed by atoms with van der Waals surface area (Å²) in [5, 5.41) is 8.59. The molecule has 0 radical (unpaired) electrons. The van der Waals surface area contributed by atoms with E-state index in [1.165, 1.54) is 0 Å². The van der Waals surface area contributed by atoms with E-state index in [0.29, 0.717) is 0 Å². The average Bonchev–Trinajstić information content (AvgIpc) is 2.15. The van der Waals surface area contributed by atoms with Crippen LogP contribution in [0.5, 0.6) is 0 Å². The van der Waals surface area contributed by atoms with E-state index in [0.717, 1.165) is 39.3 Å². The van der Waals surface area contributed by atoms with Crippen molar-refractivity contribution in [2.75, 3.05) is 32.8 Å². The monoisotopic (exact) mass is 201 g/mol. The summed E-state index contributed by atoms with van der Waals surface area (Å²) in [7, 11) is 0. The fourth-order valence-electron chi connectivity index (χ4n) is 1.63. The van der Waals surface area contributed by atoms with Crippen LogP contribution in [0.4, 0.5) is 0 Å². The van der Waals surface area contributed by atoms with Crippen LogP contribution in [0.2, 0.25) is 0 Å². The zero-order valence-electron chi connectivity index (χ0n) is 8.74. The fraction of sp³-hybridized carbons (Fsp3) is 0.900. The van der Waals surface area contributed by atoms with Crippen LogP contribution < -0.4 is 0 Å². The molecule has 1 unspecified atom stereocenters. The van der Waals surface area contributed by atoms with Crippen molar-refractivity contribution in [2.45, 2.75) is 19.8 Å². The van der Waals surface area contributed by atoms with Gasteiger partial charge in [-0.05, 0) is 18.9 Å². The van der Waals surface area contributed by atoms with Gasteiger partial charge in [0, 0.05) is 19.5 Å². The third kappa shape index (κ3) is 4.58. The Morgan fingerprint density at radius 2 is 2.14 bits per heavy atom. The highest BCUT2D eigenvalue weighted by molar-refractivity contribution is 5.66. The van der Waals surface area contributed by atoms with Crippen molar-refractivity contribution in [3.05, 3.63) is 0 Å². The molecule has 4 heteroatoms. The Hall–Kier alpha value is -0.610. The first-order valence-electron chi connectivity index (χ1n) is 5.20. The highest BCUT2D eigenvalue weighted by Gasteiger charge is 2.13. The van der Waals surface area contributed by atoms with Crippen molar-refractivity contribution in [3.8, 4) is 0 Å². The van der Waals surface area contributed by atoms with E-state index in [-0.39, 0.29) is 12.3 Å². The van der Waals surface area contributed by atoms with Gasteiger partial charge in [0.1, 0.15) is 0 Å². The molecule has 0 aromatic rings. The standard InChI is InChI=1S/C10H19NO3/c1-9(8-10(12)13)2-3-11-4-6-14-7-5-11/h9H,2-8H2,1H3,(H,12,13). The largest absolute Gasteiger partial charge is 0.481 e. The number of hydrogen-bond donors (Lipinski definition) is 1. The molecule has 1 atom stereocenters. The summed E-state index contributed by atoms with van der Waals surface area (Å²) < 4.78 is 5.24. The van der Waals surface area contributed by atoms with Crippen LogP contribution in [-0.4, -0.2) is 48.8 Å². The lowest BCUT2D eigenvalue weighted by Gasteiger charge is -2.27. The summed E-state index contributed by atoms with van der Waals surface area (Å²) in [5.41, 5.74) is 0. The fourth-order valence-corrected chi connectivity index (χ4v) is 1.63. The number of aliphatic carboxylic acids is 1. The Morgan fingerprint density at radius 3 is 2.71 bits per heavy atom. The van der Waals surface area contributed by atoms with E-state index in [4.69, 9.17) is 9.84 Å². The average molecular weight is 201 g/mol. The van der Waals surface area contributed by atoms with Gasteiger partial charge in [0.15, 0.2) is 0 Å². The van der Waals surface area contributed by atoms with E-state index in [2.05, 4.69) is 4.90 Å². The minimum atomic E-state index is -0.695. The first-order chi connectivity index (χ1) is 6.68. The van der Waals surface area contributed by atoms with Crippen LogP contribution in [0.3, 0.4) is 0 Å². The zero-order valence-corrected chi connectivity index (χ0v) is 8.74. The SMILES string of the molecule is CC(CCN1CCOCC1)CC(=O)O. The maximum atomic E-state index is 10.4. The number of carboxylic acids is 1. The molecule has 1 rings (SSSR count). The summed E-state index contributed by atoms with van der Waals surface area (Å²) in [4.78, 5) is 12.8. The zero-order chi connectivity index (χ0) is 10.4. The maximum absolute atomic E-state index is 10.4. The summed E-state index contributed by atoms with van der Waals surface area (Å²) >= 11 is 0. The summed E-state index contributed by atoms with van der Waals surface area (Å²) in [5.74, 6) is -0.421. The predicted octanol–water partition coefficient (Wildman–Crippen LogP) is 0.820. The van der Waals surface area contributed by atoms with Gasteiger partial charge in [-0.2, -0.15) is 0 Å². The van der Waals surface area contributed by atoms with Crippen molar-refractivity contribution < 1.29 is 14.6 Å². The smallest absolute Gasteiger partial charge is 0.303 e. The molecule has 82 valence electrons. The Kier molecular flexibility index (Phi) is 4.90. The van der Waals surface area contributed by atoms with Crippen LogP contribution in [0.1, 0.15) is 19.8 Å². The molecule has 0 bridgehead atoms. The third-order valence-electron chi connectivity index (χ3n) is 2.56. The molecule has 1 aliphatic rings. The van der Waals surface area contributed by atoms with Gasteiger partial charge in [0.2, 0.25) is 0 Å². The first-order valence-corrected chi connectivity index (χ1v) is 5.20. The third-order valence-corrected chi connectivity index (χ3v) is 2.56. The molecule has 4 nitrogen and oxygen atoms in total. The Morgan fingerprint density at radius 1 is 1.50 bits per heavy atom. The molecule has 1 fully saturated rings. The quantitative estimate of drug-likeness (QED) is 0.715. The number of ether oxygens (including phenoxy) is 1. The number of carbonyl (C=O) groups is 1. The molecule has 1 saturated heterocycles. The topological polar surface area (TPSA) is 49.8 Å². The van der Waals surface area contributed by atoms with Gasteiger partial charge in [0.05, 0.1) is 13.2 Å². The highest BCUT2D eigenvalue weighted by atomic mass is 16.5. The van der Waals surface area contributed by atoms with Gasteiger partial charge >= 0.3 is 5.97 Å². The molecule has 14 heavy (non-hydrogen) atoms. The molecule has 0 aromatic heterocycles. The first kappa shape index (κ1) is 11.5. The molecule has 0 spiro atoms. The van der Waals surface area contributed by atoms with Crippen LogP contribution in [0, 0.1) is 5.92 Å². The van der Waals surface area contributed by atoms with Gasteiger partial charge < -0.3 is 9.84 Å². The summed E-state index contributed by atoms with van der Waals surface area (Å²) in [6.45, 7) is 6.59. The number of hydrogen-bond acceptors (Lipinski definition) is 3. The van der Waals surface area contributed by atoms with Crippen molar-refractivity contribution >= 4 is 5.97 Å². The van der Waals surface area contributed by atoms with Gasteiger partial charge in [-0.3, -0.25) is 9.69 Å². The molecule has 0 amide bonds. The number of carboxylic acid groups (broad SMARTS) is 1. The Bertz CT molecular complexity index is 178. The maximum Gasteiger partial charge on any atom is 0.303 e. The van der Waals surface area contributed by atoms with Crippen LogP contribution in [0.15, 0.2) is 0 Å². The molecule has 1 aliphatic heterocycles. The number of morpholine rings is 1. The van der Waals surface area contributed by atoms with Crippen LogP contribution in [0.25, 0.3) is 0 Å². The van der Waals surface area contributed by atoms with Gasteiger partial charge in [0.25, 0.3) is 0 Å². The van der Waals surface area contributed by atoms with Crippen molar-refractivity contribution in [3.63, 3.8) is 0 Å². The lowest BCUT2D eigenvalue weighted by molar-refractivity contribution is -0.138. The van der Waals surface area contributed by atoms with Gasteiger partial charge in [-0.25, -0.2) is 0 Å². The molecular weight excluding hydrogens is 182 g/mol. The lowest BCUT2D eigenvalue weighted by Crippen LogP contribution is -2.37. The molecule has 0 aromatic carbocycles. The second-order valence-electron chi connectivity index (χ2n) is 3.95. The van der Waals surface area contributed by atoms with E-state index < -0.39 is 5.97 Å². The second-order valence-corrected chi connectivity index (χ2v) is 3.95. The number of rotatable bonds is 5. The molecule has 0 saturated carbocycles.